The van der Waals surface area contributed by atoms with Crippen molar-refractivity contribution in [2.24, 2.45) is 0 Å². The fourth-order valence-corrected chi connectivity index (χ4v) is 2.51. The van der Waals surface area contributed by atoms with Crippen LogP contribution in [-0.4, -0.2) is 14.8 Å². The van der Waals surface area contributed by atoms with Gasteiger partial charge in [-0.05, 0) is 37.1 Å². The third-order valence-electron chi connectivity index (χ3n) is 3.59. The lowest BCUT2D eigenvalue weighted by Gasteiger charge is -2.10. The Labute approximate surface area is 124 Å². The number of nitrogens with one attached hydrogen (secondary N) is 1. The van der Waals surface area contributed by atoms with Crippen LogP contribution in [0.25, 0.3) is 10.9 Å². The molecule has 21 heavy (non-hydrogen) atoms. The highest BCUT2D eigenvalue weighted by Crippen LogP contribution is 2.24. The first-order valence-electron chi connectivity index (χ1n) is 7.37. The van der Waals surface area contributed by atoms with Crippen LogP contribution < -0.4 is 5.32 Å². The second-order valence-electron chi connectivity index (χ2n) is 5.29. The maximum absolute atomic E-state index is 4.47. The van der Waals surface area contributed by atoms with Crippen molar-refractivity contribution >= 4 is 16.6 Å². The molecule has 3 rings (SSSR count). The van der Waals surface area contributed by atoms with Crippen LogP contribution in [0.4, 0.5) is 5.69 Å². The molecule has 2 heterocycles. The summed E-state index contributed by atoms with van der Waals surface area (Å²) in [5.41, 5.74) is 4.57. The van der Waals surface area contributed by atoms with Crippen molar-refractivity contribution in [3.05, 3.63) is 54.0 Å². The Morgan fingerprint density at radius 1 is 1.24 bits per heavy atom. The van der Waals surface area contributed by atoms with Crippen molar-refractivity contribution in [1.82, 2.24) is 14.8 Å². The normalized spacial score (nSPS) is 11.0. The third-order valence-corrected chi connectivity index (χ3v) is 3.59. The van der Waals surface area contributed by atoms with E-state index in [0.29, 0.717) is 0 Å². The standard InChI is InChI=1S/C17H20N4/c1-3-9-21-12-14(11-20-21)10-19-16-7-6-13(2)17-15(16)5-4-8-18-17/h4-8,11-12,19H,3,9-10H2,1-2H3. The van der Waals surface area contributed by atoms with Crippen LogP contribution in [0.1, 0.15) is 24.5 Å². The van der Waals surface area contributed by atoms with Gasteiger partial charge in [0.25, 0.3) is 0 Å². The van der Waals surface area contributed by atoms with Crippen molar-refractivity contribution in [3.63, 3.8) is 0 Å². The number of aryl methyl sites for hydroxylation is 2. The number of hydrogen-bond donors (Lipinski definition) is 1. The topological polar surface area (TPSA) is 42.7 Å². The number of aromatic nitrogens is 3. The van der Waals surface area contributed by atoms with E-state index in [2.05, 4.69) is 53.6 Å². The van der Waals surface area contributed by atoms with E-state index in [-0.39, 0.29) is 0 Å². The summed E-state index contributed by atoms with van der Waals surface area (Å²) in [6, 6.07) is 8.32. The van der Waals surface area contributed by atoms with Gasteiger partial charge < -0.3 is 5.32 Å². The second kappa shape index (κ2) is 5.95. The van der Waals surface area contributed by atoms with Gasteiger partial charge in [-0.15, -0.1) is 0 Å². The molecule has 108 valence electrons. The molecular formula is C17H20N4. The molecule has 0 fully saturated rings. The number of nitrogens with zero attached hydrogens (tertiary/aromatic N) is 3. The summed E-state index contributed by atoms with van der Waals surface area (Å²) in [5.74, 6) is 0. The number of benzene rings is 1. The molecule has 2 aromatic heterocycles. The Kier molecular flexibility index (Phi) is 3.86. The van der Waals surface area contributed by atoms with Crippen molar-refractivity contribution in [2.75, 3.05) is 5.32 Å². The first-order valence-corrected chi connectivity index (χ1v) is 7.37. The molecule has 0 unspecified atom stereocenters. The zero-order valence-electron chi connectivity index (χ0n) is 12.5. The smallest absolute Gasteiger partial charge is 0.0751 e. The van der Waals surface area contributed by atoms with E-state index in [9.17, 15) is 0 Å². The van der Waals surface area contributed by atoms with Crippen LogP contribution in [0.3, 0.4) is 0 Å². The largest absolute Gasteiger partial charge is 0.380 e. The summed E-state index contributed by atoms with van der Waals surface area (Å²) in [6.07, 6.45) is 6.97. The molecule has 0 radical (unpaired) electrons. The molecule has 0 aliphatic heterocycles. The monoisotopic (exact) mass is 280 g/mol. The Morgan fingerprint density at radius 2 is 2.14 bits per heavy atom. The molecule has 0 bridgehead atoms. The SMILES string of the molecule is CCCn1cc(CNc2ccc(C)c3ncccc23)cn1. The molecule has 0 amide bonds. The van der Waals surface area contributed by atoms with Gasteiger partial charge in [-0.1, -0.05) is 13.0 Å². The van der Waals surface area contributed by atoms with E-state index in [1.165, 1.54) is 16.5 Å². The highest BCUT2D eigenvalue weighted by atomic mass is 15.3. The first kappa shape index (κ1) is 13.6. The molecule has 0 saturated carbocycles. The molecular weight excluding hydrogens is 260 g/mol. The summed E-state index contributed by atoms with van der Waals surface area (Å²) >= 11 is 0. The van der Waals surface area contributed by atoms with Crippen LogP contribution in [0.2, 0.25) is 0 Å². The van der Waals surface area contributed by atoms with Crippen LogP contribution in [0.5, 0.6) is 0 Å². The maximum Gasteiger partial charge on any atom is 0.0751 e. The van der Waals surface area contributed by atoms with E-state index in [0.717, 1.165) is 30.7 Å². The fourth-order valence-electron chi connectivity index (χ4n) is 2.51. The molecule has 4 nitrogen and oxygen atoms in total. The van der Waals surface area contributed by atoms with E-state index in [1.807, 2.05) is 23.1 Å². The second-order valence-corrected chi connectivity index (χ2v) is 5.29. The maximum atomic E-state index is 4.47. The van der Waals surface area contributed by atoms with Crippen LogP contribution in [0.15, 0.2) is 42.9 Å². The van der Waals surface area contributed by atoms with Gasteiger partial charge in [0.1, 0.15) is 0 Å². The molecule has 0 spiro atoms. The highest BCUT2D eigenvalue weighted by Gasteiger charge is 2.05. The predicted octanol–water partition coefficient (Wildman–Crippen LogP) is 3.76. The minimum absolute atomic E-state index is 0.775. The average molecular weight is 280 g/mol. The summed E-state index contributed by atoms with van der Waals surface area (Å²) in [7, 11) is 0. The van der Waals surface area contributed by atoms with Gasteiger partial charge in [-0.3, -0.25) is 9.67 Å². The third kappa shape index (κ3) is 2.89. The first-order chi connectivity index (χ1) is 10.3. The fraction of sp³-hybridized carbons (Fsp3) is 0.294. The average Bonchev–Trinajstić information content (AvgIpc) is 2.95. The summed E-state index contributed by atoms with van der Waals surface area (Å²) in [5, 5.41) is 9.02. The Bertz CT molecular complexity index is 745. The minimum Gasteiger partial charge on any atom is -0.380 e. The van der Waals surface area contributed by atoms with Gasteiger partial charge in [0, 0.05) is 42.1 Å². The van der Waals surface area contributed by atoms with Crippen LogP contribution >= 0.6 is 0 Å². The number of fused-ring (bicyclic) bond motifs is 1. The number of hydrogen-bond acceptors (Lipinski definition) is 3. The lowest BCUT2D eigenvalue weighted by molar-refractivity contribution is 0.602. The van der Waals surface area contributed by atoms with Gasteiger partial charge in [0.2, 0.25) is 0 Å². The van der Waals surface area contributed by atoms with Gasteiger partial charge in [0.15, 0.2) is 0 Å². The van der Waals surface area contributed by atoms with Gasteiger partial charge in [-0.2, -0.15) is 5.10 Å². The van der Waals surface area contributed by atoms with Crippen molar-refractivity contribution in [2.45, 2.75) is 33.4 Å². The Morgan fingerprint density at radius 3 is 3.00 bits per heavy atom. The molecule has 1 aromatic carbocycles. The molecule has 3 aromatic rings. The summed E-state index contributed by atoms with van der Waals surface area (Å²) < 4.78 is 1.99. The quantitative estimate of drug-likeness (QED) is 0.773. The summed E-state index contributed by atoms with van der Waals surface area (Å²) in [6.45, 7) is 5.99. The van der Waals surface area contributed by atoms with E-state index in [1.54, 1.807) is 0 Å². The van der Waals surface area contributed by atoms with Crippen LogP contribution in [-0.2, 0) is 13.1 Å². The highest BCUT2D eigenvalue weighted by molar-refractivity contribution is 5.93. The molecule has 0 aliphatic rings. The minimum atomic E-state index is 0.775. The Balaban J connectivity index is 1.80. The van der Waals surface area contributed by atoms with Crippen molar-refractivity contribution in [3.8, 4) is 0 Å². The zero-order valence-corrected chi connectivity index (χ0v) is 12.5. The lowest BCUT2D eigenvalue weighted by Crippen LogP contribution is -2.00. The summed E-state index contributed by atoms with van der Waals surface area (Å²) in [4.78, 5) is 4.47. The molecule has 0 atom stereocenters. The van der Waals surface area contributed by atoms with E-state index >= 15 is 0 Å². The lowest BCUT2D eigenvalue weighted by atomic mass is 10.1. The van der Waals surface area contributed by atoms with E-state index < -0.39 is 0 Å². The number of pyridine rings is 1. The number of anilines is 1. The molecule has 0 saturated heterocycles. The Hall–Kier alpha value is -2.36. The number of rotatable bonds is 5. The van der Waals surface area contributed by atoms with Crippen molar-refractivity contribution in [1.29, 1.82) is 0 Å². The molecule has 0 aliphatic carbocycles. The predicted molar refractivity (Wildman–Crippen MR) is 86.3 cm³/mol. The molecule has 4 heteroatoms. The van der Waals surface area contributed by atoms with Crippen molar-refractivity contribution < 1.29 is 0 Å². The van der Waals surface area contributed by atoms with Gasteiger partial charge in [-0.25, -0.2) is 0 Å². The van der Waals surface area contributed by atoms with Crippen LogP contribution in [0, 0.1) is 6.92 Å². The van der Waals surface area contributed by atoms with E-state index in [4.69, 9.17) is 0 Å². The van der Waals surface area contributed by atoms with Gasteiger partial charge >= 0.3 is 0 Å². The van der Waals surface area contributed by atoms with Gasteiger partial charge in [0.05, 0.1) is 11.7 Å². The molecule has 1 N–H and O–H groups in total. The zero-order chi connectivity index (χ0) is 14.7.